The zero-order valence-corrected chi connectivity index (χ0v) is 12.9. The summed E-state index contributed by atoms with van der Waals surface area (Å²) in [4.78, 5) is 2.44. The second-order valence-corrected chi connectivity index (χ2v) is 6.25. The van der Waals surface area contributed by atoms with Crippen molar-refractivity contribution in [1.82, 2.24) is 4.90 Å². The Morgan fingerprint density at radius 1 is 1.14 bits per heavy atom. The monoisotopic (exact) mass is 284 g/mol. The Balaban J connectivity index is 2.05. The molecular formula is C18H24N2O. The average Bonchev–Trinajstić information content (AvgIpc) is 2.83. The van der Waals surface area contributed by atoms with Gasteiger partial charge in [-0.3, -0.25) is 4.90 Å². The Hall–Kier alpha value is -1.53. The molecule has 1 heterocycles. The first kappa shape index (κ1) is 14.4. The van der Waals surface area contributed by atoms with E-state index in [0.29, 0.717) is 0 Å². The van der Waals surface area contributed by atoms with Crippen LogP contribution in [0.15, 0.2) is 18.2 Å². The molecule has 1 aliphatic heterocycles. The molecule has 1 unspecified atom stereocenters. The lowest BCUT2D eigenvalue weighted by molar-refractivity contribution is 0.122. The molecule has 0 aromatic heterocycles. The Bertz CT molecular complexity index is 541. The van der Waals surface area contributed by atoms with Gasteiger partial charge in [0.15, 0.2) is 0 Å². The highest BCUT2D eigenvalue weighted by molar-refractivity contribution is 5.45. The third kappa shape index (κ3) is 2.53. The summed E-state index contributed by atoms with van der Waals surface area (Å²) >= 11 is 0. The predicted octanol–water partition coefficient (Wildman–Crippen LogP) is 3.63. The van der Waals surface area contributed by atoms with Crippen molar-refractivity contribution >= 4 is 0 Å². The third-order valence-corrected chi connectivity index (χ3v) is 5.08. The number of nitrogens with zero attached hydrogens (tertiary/aromatic N) is 2. The van der Waals surface area contributed by atoms with Crippen LogP contribution in [0.2, 0.25) is 0 Å². The minimum absolute atomic E-state index is 0.438. The Labute approximate surface area is 127 Å². The van der Waals surface area contributed by atoms with Crippen molar-refractivity contribution in [2.45, 2.75) is 50.5 Å². The fourth-order valence-corrected chi connectivity index (χ4v) is 3.92. The van der Waals surface area contributed by atoms with E-state index in [1.807, 2.05) is 6.07 Å². The highest BCUT2D eigenvalue weighted by atomic mass is 16.5. The predicted molar refractivity (Wildman–Crippen MR) is 83.3 cm³/mol. The Morgan fingerprint density at radius 2 is 1.90 bits per heavy atom. The molecule has 1 saturated heterocycles. The van der Waals surface area contributed by atoms with Crippen LogP contribution in [0.4, 0.5) is 0 Å². The van der Waals surface area contributed by atoms with Crippen molar-refractivity contribution in [3.05, 3.63) is 29.3 Å². The zero-order valence-electron chi connectivity index (χ0n) is 12.9. The van der Waals surface area contributed by atoms with Crippen molar-refractivity contribution in [2.24, 2.45) is 0 Å². The molecule has 0 amide bonds. The van der Waals surface area contributed by atoms with Crippen molar-refractivity contribution < 1.29 is 4.74 Å². The van der Waals surface area contributed by atoms with E-state index in [1.54, 1.807) is 7.11 Å². The molecule has 112 valence electrons. The molecule has 0 saturated carbocycles. The highest BCUT2D eigenvalue weighted by Gasteiger charge is 2.42. The number of hydrogen-bond acceptors (Lipinski definition) is 3. The summed E-state index contributed by atoms with van der Waals surface area (Å²) in [7, 11) is 1.70. The van der Waals surface area contributed by atoms with E-state index < -0.39 is 5.54 Å². The van der Waals surface area contributed by atoms with Crippen LogP contribution in [0.3, 0.4) is 0 Å². The fraction of sp³-hybridized carbons (Fsp3) is 0.611. The van der Waals surface area contributed by atoms with Crippen LogP contribution in [-0.4, -0.2) is 25.1 Å². The van der Waals surface area contributed by atoms with Crippen LogP contribution >= 0.6 is 0 Å². The molecule has 3 nitrogen and oxygen atoms in total. The molecule has 0 spiro atoms. The van der Waals surface area contributed by atoms with Gasteiger partial charge in [0.25, 0.3) is 0 Å². The van der Waals surface area contributed by atoms with E-state index in [-0.39, 0.29) is 0 Å². The molecule has 0 bridgehead atoms. The topological polar surface area (TPSA) is 36.3 Å². The lowest BCUT2D eigenvalue weighted by Gasteiger charge is -2.42. The fourth-order valence-electron chi connectivity index (χ4n) is 3.92. The van der Waals surface area contributed by atoms with Crippen molar-refractivity contribution in [1.29, 1.82) is 5.26 Å². The maximum atomic E-state index is 10.1. The summed E-state index contributed by atoms with van der Waals surface area (Å²) in [5.74, 6) is 0.866. The van der Waals surface area contributed by atoms with E-state index in [1.165, 1.54) is 36.8 Å². The molecule has 1 aromatic rings. The molecule has 3 heteroatoms. The van der Waals surface area contributed by atoms with Crippen LogP contribution < -0.4 is 4.74 Å². The van der Waals surface area contributed by atoms with Gasteiger partial charge in [0.1, 0.15) is 11.3 Å². The lowest BCUT2D eigenvalue weighted by Crippen LogP contribution is -2.47. The van der Waals surface area contributed by atoms with Crippen molar-refractivity contribution in [2.75, 3.05) is 20.2 Å². The summed E-state index contributed by atoms with van der Waals surface area (Å²) < 4.78 is 5.40. The van der Waals surface area contributed by atoms with Crippen LogP contribution in [0.1, 0.15) is 49.7 Å². The lowest BCUT2D eigenvalue weighted by atomic mass is 9.76. The number of hydrogen-bond donors (Lipinski definition) is 0. The van der Waals surface area contributed by atoms with Crippen LogP contribution in [-0.2, 0) is 12.0 Å². The molecule has 1 fully saturated rings. The van der Waals surface area contributed by atoms with E-state index in [2.05, 4.69) is 23.1 Å². The third-order valence-electron chi connectivity index (χ3n) is 5.08. The average molecular weight is 284 g/mol. The number of aryl methyl sites for hydroxylation is 1. The van der Waals surface area contributed by atoms with Crippen LogP contribution in [0.5, 0.6) is 5.75 Å². The van der Waals surface area contributed by atoms with Gasteiger partial charge in [-0.15, -0.1) is 0 Å². The number of fused-ring (bicyclic) bond motifs is 1. The Kier molecular flexibility index (Phi) is 4.17. The van der Waals surface area contributed by atoms with Gasteiger partial charge in [-0.05, 0) is 68.5 Å². The minimum atomic E-state index is -0.438. The number of nitriles is 1. The molecular weight excluding hydrogens is 260 g/mol. The first-order valence-electron chi connectivity index (χ1n) is 8.14. The first-order valence-corrected chi connectivity index (χ1v) is 8.14. The maximum absolute atomic E-state index is 10.1. The number of methoxy groups -OCH3 is 1. The van der Waals surface area contributed by atoms with Crippen LogP contribution in [0.25, 0.3) is 0 Å². The normalized spacial score (nSPS) is 26.5. The quantitative estimate of drug-likeness (QED) is 0.832. The smallest absolute Gasteiger partial charge is 0.135 e. The second kappa shape index (κ2) is 6.07. The molecule has 3 rings (SSSR count). The molecule has 0 radical (unpaired) electrons. The van der Waals surface area contributed by atoms with Gasteiger partial charge in [-0.2, -0.15) is 5.26 Å². The van der Waals surface area contributed by atoms with E-state index >= 15 is 0 Å². The van der Waals surface area contributed by atoms with Gasteiger partial charge >= 0.3 is 0 Å². The van der Waals surface area contributed by atoms with Crippen molar-refractivity contribution in [3.8, 4) is 11.8 Å². The second-order valence-electron chi connectivity index (χ2n) is 6.25. The van der Waals surface area contributed by atoms with Crippen molar-refractivity contribution in [3.63, 3.8) is 0 Å². The first-order chi connectivity index (χ1) is 10.3. The number of likely N-dealkylation sites (tertiary alicyclic amines) is 1. The van der Waals surface area contributed by atoms with E-state index in [4.69, 9.17) is 4.74 Å². The van der Waals surface area contributed by atoms with E-state index in [0.717, 1.165) is 38.1 Å². The molecule has 0 N–H and O–H groups in total. The number of rotatable bonds is 2. The molecule has 2 aliphatic rings. The number of ether oxygens (including phenoxy) is 1. The minimum Gasteiger partial charge on any atom is -0.497 e. The largest absolute Gasteiger partial charge is 0.497 e. The molecule has 21 heavy (non-hydrogen) atoms. The summed E-state index contributed by atoms with van der Waals surface area (Å²) in [6.07, 6.45) is 8.14. The summed E-state index contributed by atoms with van der Waals surface area (Å²) in [5, 5.41) is 10.1. The molecule has 1 aromatic carbocycles. The Morgan fingerprint density at radius 3 is 2.57 bits per heavy atom. The molecule has 1 atom stereocenters. The van der Waals surface area contributed by atoms with Gasteiger partial charge in [0.2, 0.25) is 0 Å². The van der Waals surface area contributed by atoms with Gasteiger partial charge in [0, 0.05) is 0 Å². The zero-order chi connectivity index (χ0) is 14.7. The molecule has 1 aliphatic carbocycles. The van der Waals surface area contributed by atoms with Gasteiger partial charge in [0.05, 0.1) is 13.2 Å². The van der Waals surface area contributed by atoms with Gasteiger partial charge in [-0.1, -0.05) is 18.9 Å². The standard InChI is InChI=1S/C18H24N2O/c1-21-16-9-8-15-7-6-10-18(14-19,17(15)13-16)20-11-4-2-3-5-12-20/h8-9,13H,2-7,10-12H2,1H3. The number of benzene rings is 1. The summed E-state index contributed by atoms with van der Waals surface area (Å²) in [6.45, 7) is 2.09. The summed E-state index contributed by atoms with van der Waals surface area (Å²) in [6, 6.07) is 8.97. The highest BCUT2D eigenvalue weighted by Crippen LogP contribution is 2.42. The van der Waals surface area contributed by atoms with Crippen LogP contribution in [0, 0.1) is 11.3 Å². The SMILES string of the molecule is COc1ccc2c(c1)C(C#N)(N1CCCCCC1)CCC2. The maximum Gasteiger partial charge on any atom is 0.135 e. The van der Waals surface area contributed by atoms with Gasteiger partial charge in [-0.25, -0.2) is 0 Å². The summed E-state index contributed by atoms with van der Waals surface area (Å²) in [5.41, 5.74) is 2.08. The van der Waals surface area contributed by atoms with E-state index in [9.17, 15) is 5.26 Å². The van der Waals surface area contributed by atoms with Gasteiger partial charge < -0.3 is 4.74 Å².